The third kappa shape index (κ3) is 7.59. The van der Waals surface area contributed by atoms with E-state index < -0.39 is 36.5 Å². The first-order valence-electron chi connectivity index (χ1n) is 11.1. The lowest BCUT2D eigenvalue weighted by molar-refractivity contribution is -0.134. The van der Waals surface area contributed by atoms with Crippen molar-refractivity contribution in [3.05, 3.63) is 58.1 Å². The van der Waals surface area contributed by atoms with Crippen LogP contribution in [0.2, 0.25) is 5.02 Å². The summed E-state index contributed by atoms with van der Waals surface area (Å²) in [6.07, 6.45) is -4.63. The van der Waals surface area contributed by atoms with E-state index in [1.807, 2.05) is 0 Å². The van der Waals surface area contributed by atoms with Gasteiger partial charge < -0.3 is 19.9 Å². The Labute approximate surface area is 215 Å². The molecule has 9 nitrogen and oxygen atoms in total. The molecule has 0 fully saturated rings. The first-order chi connectivity index (χ1) is 17.5. The zero-order chi connectivity index (χ0) is 27.2. The van der Waals surface area contributed by atoms with Crippen LogP contribution in [0.25, 0.3) is 0 Å². The number of phenols is 1. The van der Waals surface area contributed by atoms with Crippen LogP contribution >= 0.6 is 11.6 Å². The van der Waals surface area contributed by atoms with Gasteiger partial charge in [-0.05, 0) is 44.0 Å². The van der Waals surface area contributed by atoms with Crippen molar-refractivity contribution in [2.75, 3.05) is 18.5 Å². The van der Waals surface area contributed by atoms with Crippen LogP contribution in [0.4, 0.5) is 18.9 Å². The van der Waals surface area contributed by atoms with E-state index in [0.717, 1.165) is 0 Å². The van der Waals surface area contributed by atoms with E-state index in [1.54, 1.807) is 19.1 Å². The molecule has 0 bridgehead atoms. The number of hydrogen-bond acceptors (Lipinski definition) is 7. The highest BCUT2D eigenvalue weighted by Gasteiger charge is 2.29. The molecule has 3 aromatic rings. The van der Waals surface area contributed by atoms with Crippen LogP contribution in [0.15, 0.2) is 30.6 Å². The quantitative estimate of drug-likeness (QED) is 0.223. The molecular formula is C24H24ClF3N4O5. The Balaban J connectivity index is 1.61. The molecule has 0 unspecified atom stereocenters. The summed E-state index contributed by atoms with van der Waals surface area (Å²) in [4.78, 5) is 27.7. The van der Waals surface area contributed by atoms with Gasteiger partial charge in [0.15, 0.2) is 5.78 Å². The van der Waals surface area contributed by atoms with Crippen molar-refractivity contribution in [2.24, 2.45) is 0 Å². The van der Waals surface area contributed by atoms with Crippen molar-refractivity contribution in [1.82, 2.24) is 15.2 Å². The fourth-order valence-corrected chi connectivity index (χ4v) is 3.64. The number of halogens is 4. The molecule has 0 aliphatic carbocycles. The van der Waals surface area contributed by atoms with Crippen molar-refractivity contribution in [1.29, 1.82) is 0 Å². The fourth-order valence-electron chi connectivity index (χ4n) is 3.36. The van der Waals surface area contributed by atoms with Crippen LogP contribution in [0.5, 0.6) is 17.2 Å². The summed E-state index contributed by atoms with van der Waals surface area (Å²) in [6.45, 7) is 3.15. The highest BCUT2D eigenvalue weighted by Crippen LogP contribution is 2.35. The van der Waals surface area contributed by atoms with E-state index in [4.69, 9.17) is 21.1 Å². The number of Topliss-reactive ketones (excluding diaryl/α,β-unsaturated/α-hetero) is 1. The van der Waals surface area contributed by atoms with Gasteiger partial charge >= 0.3 is 6.18 Å². The summed E-state index contributed by atoms with van der Waals surface area (Å²) in [5.74, 6) is -1.10. The number of nitrogens with one attached hydrogen (secondary N) is 2. The Hall–Kier alpha value is -3.80. The maximum Gasteiger partial charge on any atom is 0.389 e. The van der Waals surface area contributed by atoms with Gasteiger partial charge in [-0.1, -0.05) is 11.6 Å². The summed E-state index contributed by atoms with van der Waals surface area (Å²) in [6, 6.07) is 5.85. The number of hydrogen-bond donors (Lipinski definition) is 3. The number of phenolic OH excluding ortho intramolecular Hbond substituents is 1. The number of ketones is 1. The number of carbonyl (C=O) groups excluding carboxylic acids is 2. The number of aryl methyl sites for hydroxylation is 1. The minimum Gasteiger partial charge on any atom is -0.507 e. The second-order valence-corrected chi connectivity index (χ2v) is 8.45. The van der Waals surface area contributed by atoms with Gasteiger partial charge in [0, 0.05) is 30.2 Å². The van der Waals surface area contributed by atoms with Gasteiger partial charge in [0.25, 0.3) is 5.91 Å². The minimum atomic E-state index is -4.44. The molecule has 0 saturated heterocycles. The average molecular weight is 541 g/mol. The minimum absolute atomic E-state index is 0.0333. The van der Waals surface area contributed by atoms with E-state index in [1.165, 1.54) is 25.4 Å². The van der Waals surface area contributed by atoms with Crippen LogP contribution < -0.4 is 14.8 Å². The molecule has 3 N–H and O–H groups in total. The number of ether oxygens (including phenoxy) is 2. The van der Waals surface area contributed by atoms with Gasteiger partial charge in [-0.2, -0.15) is 18.3 Å². The smallest absolute Gasteiger partial charge is 0.389 e. The zero-order valence-corrected chi connectivity index (χ0v) is 20.7. The monoisotopic (exact) mass is 540 g/mol. The van der Waals surface area contributed by atoms with Crippen LogP contribution in [-0.2, 0) is 6.42 Å². The third-order valence-corrected chi connectivity index (χ3v) is 5.53. The number of aromatic amines is 1. The van der Waals surface area contributed by atoms with E-state index in [0.29, 0.717) is 28.4 Å². The normalized spacial score (nSPS) is 11.3. The molecule has 2 aromatic carbocycles. The molecule has 1 aromatic heterocycles. The van der Waals surface area contributed by atoms with E-state index >= 15 is 0 Å². The SMILES string of the molecule is CC(=O)c1ccc(OCCCOc2cc(NC(=O)c3ncn[nH]3)c(C)cc2Cl)c(CCC(F)(F)F)c1O. The molecule has 0 aliphatic heterocycles. The first-order valence-corrected chi connectivity index (χ1v) is 11.5. The van der Waals surface area contributed by atoms with Crippen molar-refractivity contribution in [2.45, 2.75) is 39.3 Å². The summed E-state index contributed by atoms with van der Waals surface area (Å²) in [7, 11) is 0. The maximum absolute atomic E-state index is 12.8. The Morgan fingerprint density at radius 1 is 1.16 bits per heavy atom. The van der Waals surface area contributed by atoms with Crippen LogP contribution in [0.1, 0.15) is 51.9 Å². The molecule has 1 heterocycles. The Morgan fingerprint density at radius 2 is 1.86 bits per heavy atom. The van der Waals surface area contributed by atoms with Crippen LogP contribution in [0.3, 0.4) is 0 Å². The number of aromatic hydroxyl groups is 1. The third-order valence-electron chi connectivity index (χ3n) is 5.24. The summed E-state index contributed by atoms with van der Waals surface area (Å²) in [5.41, 5.74) is 0.980. The number of alkyl halides is 3. The molecule has 0 saturated carbocycles. The molecule has 13 heteroatoms. The molecule has 1 amide bonds. The van der Waals surface area contributed by atoms with Gasteiger partial charge in [0.2, 0.25) is 5.82 Å². The van der Waals surface area contributed by atoms with Crippen molar-refractivity contribution < 1.29 is 37.3 Å². The average Bonchev–Trinajstić information content (AvgIpc) is 3.35. The number of carbonyl (C=O) groups is 2. The molecule has 0 radical (unpaired) electrons. The number of aromatic nitrogens is 3. The number of benzene rings is 2. The molecule has 0 atom stereocenters. The first kappa shape index (κ1) is 27.8. The van der Waals surface area contributed by atoms with Gasteiger partial charge in [-0.15, -0.1) is 0 Å². The number of H-pyrrole nitrogens is 1. The molecule has 0 aliphatic rings. The maximum atomic E-state index is 12.8. The number of nitrogens with zero attached hydrogens (tertiary/aromatic N) is 2. The standard InChI is InChI=1S/C24H24ClF3N4O5/c1-13-10-17(25)20(11-18(13)31-23(35)22-29-12-30-32-22)37-9-3-8-36-19-5-4-15(14(2)33)21(34)16(19)6-7-24(26,27)28/h4-5,10-12,34H,3,6-9H2,1-2H3,(H,31,35)(H,29,30,32). The number of rotatable bonds is 11. The molecule has 198 valence electrons. The lowest BCUT2D eigenvalue weighted by Gasteiger charge is -2.16. The van der Waals surface area contributed by atoms with Crippen molar-refractivity contribution in [3.63, 3.8) is 0 Å². The van der Waals surface area contributed by atoms with Gasteiger partial charge in [-0.25, -0.2) is 4.98 Å². The predicted octanol–water partition coefficient (Wildman–Crippen LogP) is 5.27. The van der Waals surface area contributed by atoms with Gasteiger partial charge in [0.05, 0.1) is 23.8 Å². The second-order valence-electron chi connectivity index (χ2n) is 8.05. The van der Waals surface area contributed by atoms with Crippen molar-refractivity contribution >= 4 is 29.0 Å². The van der Waals surface area contributed by atoms with Crippen molar-refractivity contribution in [3.8, 4) is 17.2 Å². The van der Waals surface area contributed by atoms with Crippen LogP contribution in [-0.4, -0.2) is 51.4 Å². The largest absolute Gasteiger partial charge is 0.507 e. The highest BCUT2D eigenvalue weighted by molar-refractivity contribution is 6.32. The molecule has 3 rings (SSSR count). The second kappa shape index (κ2) is 12.0. The van der Waals surface area contributed by atoms with Gasteiger partial charge in [0.1, 0.15) is 23.6 Å². The highest BCUT2D eigenvalue weighted by atomic mass is 35.5. The summed E-state index contributed by atoms with van der Waals surface area (Å²) < 4.78 is 49.6. The number of anilines is 1. The van der Waals surface area contributed by atoms with E-state index in [2.05, 4.69) is 20.5 Å². The molecule has 0 spiro atoms. The Bertz CT molecular complexity index is 1270. The van der Waals surface area contributed by atoms with E-state index in [-0.39, 0.29) is 35.9 Å². The number of amides is 1. The molecule has 37 heavy (non-hydrogen) atoms. The van der Waals surface area contributed by atoms with Crippen LogP contribution in [0, 0.1) is 6.92 Å². The topological polar surface area (TPSA) is 126 Å². The Kier molecular flexibility index (Phi) is 8.98. The Morgan fingerprint density at radius 3 is 2.49 bits per heavy atom. The lowest BCUT2D eigenvalue weighted by atomic mass is 10.0. The van der Waals surface area contributed by atoms with Gasteiger partial charge in [-0.3, -0.25) is 14.7 Å². The lowest BCUT2D eigenvalue weighted by Crippen LogP contribution is -2.15. The molecular weight excluding hydrogens is 517 g/mol. The fraction of sp³-hybridized carbons (Fsp3) is 0.333. The summed E-state index contributed by atoms with van der Waals surface area (Å²) in [5, 5.41) is 19.4. The summed E-state index contributed by atoms with van der Waals surface area (Å²) >= 11 is 6.25. The predicted molar refractivity (Wildman–Crippen MR) is 129 cm³/mol. The van der Waals surface area contributed by atoms with E-state index in [9.17, 15) is 27.9 Å². The zero-order valence-electron chi connectivity index (χ0n) is 19.9.